The first-order valence-corrected chi connectivity index (χ1v) is 11.8. The lowest BCUT2D eigenvalue weighted by Crippen LogP contribution is -2.49. The Morgan fingerprint density at radius 1 is 1.03 bits per heavy atom. The summed E-state index contributed by atoms with van der Waals surface area (Å²) >= 11 is 0.893. The van der Waals surface area contributed by atoms with Gasteiger partial charge in [-0.15, -0.1) is 11.8 Å². The van der Waals surface area contributed by atoms with Gasteiger partial charge in [0.2, 0.25) is 17.7 Å². The third-order valence-corrected chi connectivity index (χ3v) is 5.59. The summed E-state index contributed by atoms with van der Waals surface area (Å²) in [5.74, 6) is -2.02. The number of ketones is 1. The van der Waals surface area contributed by atoms with Crippen molar-refractivity contribution in [3.63, 3.8) is 0 Å². The number of carbonyl (C=O) groups excluding carboxylic acids is 4. The smallest absolute Gasteiger partial charge is 0.243 e. The van der Waals surface area contributed by atoms with E-state index in [1.165, 1.54) is 0 Å². The van der Waals surface area contributed by atoms with Gasteiger partial charge in [-0.2, -0.15) is 0 Å². The summed E-state index contributed by atoms with van der Waals surface area (Å²) in [7, 11) is 0. The molecule has 0 aromatic heterocycles. The fourth-order valence-corrected chi connectivity index (χ4v) is 3.73. The van der Waals surface area contributed by atoms with E-state index in [0.29, 0.717) is 19.4 Å². The molecule has 0 aliphatic heterocycles. The molecular formula is C22H37N3O5S. The Balaban J connectivity index is 4.88. The summed E-state index contributed by atoms with van der Waals surface area (Å²) in [5, 5.41) is 14.4. The molecule has 176 valence electrons. The van der Waals surface area contributed by atoms with E-state index in [4.69, 9.17) is 5.73 Å². The van der Waals surface area contributed by atoms with Gasteiger partial charge in [0.25, 0.3) is 0 Å². The Hall–Kier alpha value is -2.13. The number of Topliss-reactive ketones (excluding diaryl/α,β-unsaturated/α-hetero) is 1. The number of hydrogen-bond donors (Lipinski definition) is 4. The van der Waals surface area contributed by atoms with Gasteiger partial charge in [0.15, 0.2) is 5.78 Å². The third-order valence-electron chi connectivity index (χ3n) is 4.22. The minimum absolute atomic E-state index is 0.00288. The van der Waals surface area contributed by atoms with Crippen LogP contribution in [-0.2, 0) is 19.2 Å². The molecule has 0 aliphatic carbocycles. The number of likely N-dealkylation sites (N-methyl/N-ethyl adjacent to an activating group) is 1. The van der Waals surface area contributed by atoms with Crippen LogP contribution in [0.5, 0.6) is 0 Å². The molecule has 3 unspecified atom stereocenters. The predicted octanol–water partition coefficient (Wildman–Crippen LogP) is 1.62. The van der Waals surface area contributed by atoms with Crippen molar-refractivity contribution in [3.05, 3.63) is 24.3 Å². The maximum absolute atomic E-state index is 12.3. The molecule has 0 fully saturated rings. The average Bonchev–Trinajstić information content (AvgIpc) is 2.72. The van der Waals surface area contributed by atoms with E-state index in [9.17, 15) is 24.3 Å². The number of primary amides is 1. The fourth-order valence-electron chi connectivity index (χ4n) is 2.60. The molecule has 0 saturated heterocycles. The van der Waals surface area contributed by atoms with Crippen LogP contribution >= 0.6 is 11.8 Å². The topological polar surface area (TPSA) is 139 Å². The highest BCUT2D eigenvalue weighted by Crippen LogP contribution is 2.18. The number of thioether (sulfide) groups is 1. The molecule has 0 aromatic carbocycles. The van der Waals surface area contributed by atoms with Gasteiger partial charge in [0, 0.05) is 25.1 Å². The molecule has 0 bridgehead atoms. The second kappa shape index (κ2) is 17.5. The lowest BCUT2D eigenvalue weighted by Gasteiger charge is -2.22. The maximum atomic E-state index is 12.3. The Labute approximate surface area is 189 Å². The molecular weight excluding hydrogens is 418 g/mol. The zero-order chi connectivity index (χ0) is 23.6. The Morgan fingerprint density at radius 3 is 2.29 bits per heavy atom. The number of allylic oxidation sites excluding steroid dienone is 4. The molecule has 0 rings (SSSR count). The first-order valence-electron chi connectivity index (χ1n) is 10.8. The predicted molar refractivity (Wildman–Crippen MR) is 124 cm³/mol. The number of carbonyl (C=O) groups is 4. The molecule has 3 amide bonds. The second-order valence-electron chi connectivity index (χ2n) is 6.96. The highest BCUT2D eigenvalue weighted by atomic mass is 32.2. The molecule has 0 saturated carbocycles. The highest BCUT2D eigenvalue weighted by Gasteiger charge is 2.32. The minimum Gasteiger partial charge on any atom is -0.384 e. The van der Waals surface area contributed by atoms with Crippen molar-refractivity contribution in [1.82, 2.24) is 10.6 Å². The lowest BCUT2D eigenvalue weighted by molar-refractivity contribution is -0.131. The summed E-state index contributed by atoms with van der Waals surface area (Å²) in [6.07, 6.45) is 9.44. The summed E-state index contributed by atoms with van der Waals surface area (Å²) in [5.41, 5.74) is 5.39. The summed E-state index contributed by atoms with van der Waals surface area (Å²) in [6, 6.07) is -0.896. The number of nitrogens with two attached hydrogens (primary N) is 1. The van der Waals surface area contributed by atoms with Gasteiger partial charge in [0.05, 0.1) is 0 Å². The zero-order valence-electron chi connectivity index (χ0n) is 18.8. The number of amides is 3. The number of nitrogens with one attached hydrogen (secondary N) is 2. The van der Waals surface area contributed by atoms with Crippen LogP contribution < -0.4 is 16.4 Å². The van der Waals surface area contributed by atoms with Gasteiger partial charge in [-0.1, -0.05) is 38.2 Å². The molecule has 0 spiro atoms. The van der Waals surface area contributed by atoms with Crippen molar-refractivity contribution in [2.24, 2.45) is 5.73 Å². The first kappa shape index (κ1) is 28.9. The lowest BCUT2D eigenvalue weighted by atomic mass is 10.1. The van der Waals surface area contributed by atoms with Crippen LogP contribution in [0.3, 0.4) is 0 Å². The van der Waals surface area contributed by atoms with E-state index in [1.807, 2.05) is 38.2 Å². The molecule has 9 heteroatoms. The molecule has 31 heavy (non-hydrogen) atoms. The van der Waals surface area contributed by atoms with Crippen LogP contribution in [-0.4, -0.2) is 58.3 Å². The summed E-state index contributed by atoms with van der Waals surface area (Å²) < 4.78 is 0. The molecule has 0 aromatic rings. The first-order chi connectivity index (χ1) is 14.8. The Morgan fingerprint density at radius 2 is 1.71 bits per heavy atom. The summed E-state index contributed by atoms with van der Waals surface area (Å²) in [4.78, 5) is 48.3. The number of aliphatic hydroxyl groups excluding tert-OH is 1. The molecule has 5 N–H and O–H groups in total. The van der Waals surface area contributed by atoms with E-state index in [-0.39, 0.29) is 24.5 Å². The van der Waals surface area contributed by atoms with Gasteiger partial charge in [0.1, 0.15) is 17.4 Å². The van der Waals surface area contributed by atoms with Gasteiger partial charge in [-0.05, 0) is 32.6 Å². The van der Waals surface area contributed by atoms with E-state index in [0.717, 1.165) is 24.6 Å². The van der Waals surface area contributed by atoms with E-state index >= 15 is 0 Å². The molecule has 0 heterocycles. The van der Waals surface area contributed by atoms with Gasteiger partial charge in [-0.25, -0.2) is 0 Å². The van der Waals surface area contributed by atoms with E-state index in [2.05, 4.69) is 10.6 Å². The van der Waals surface area contributed by atoms with Crippen LogP contribution in [0, 0.1) is 0 Å². The van der Waals surface area contributed by atoms with Crippen molar-refractivity contribution in [3.8, 4) is 0 Å². The van der Waals surface area contributed by atoms with E-state index < -0.39 is 35.0 Å². The van der Waals surface area contributed by atoms with Crippen LogP contribution in [0.1, 0.15) is 59.3 Å². The van der Waals surface area contributed by atoms with Crippen LogP contribution in [0.2, 0.25) is 0 Å². The van der Waals surface area contributed by atoms with Gasteiger partial charge in [-0.3, -0.25) is 19.2 Å². The molecule has 0 aliphatic rings. The van der Waals surface area contributed by atoms with Crippen LogP contribution in [0.4, 0.5) is 0 Å². The number of rotatable bonds is 17. The Bertz CT molecular complexity index is 637. The zero-order valence-corrected chi connectivity index (χ0v) is 19.6. The molecule has 0 radical (unpaired) electrons. The Kier molecular flexibility index (Phi) is 16.3. The molecule has 3 atom stereocenters. The summed E-state index contributed by atoms with van der Waals surface area (Å²) in [6.45, 7) is 6.02. The fraction of sp³-hybridized carbons (Fsp3) is 0.636. The second-order valence-corrected chi connectivity index (χ2v) is 8.13. The van der Waals surface area contributed by atoms with Crippen molar-refractivity contribution in [1.29, 1.82) is 0 Å². The quantitative estimate of drug-likeness (QED) is 0.246. The van der Waals surface area contributed by atoms with Crippen molar-refractivity contribution in [2.45, 2.75) is 76.7 Å². The standard InChI is InChI=1S/C22H37N3O5S/c1-4-7-8-9-10-11-12-14-17(26)19(28)20(21(23)29)31-15-16(22(30)24-6-3)25-18(27)13-5-2/h7-8,10-11,16,19-20,28H,4-6,9,12-15H2,1-3H3,(H2,23,29)(H,24,30)(H,25,27)/b8-7+,11-10+. The van der Waals surface area contributed by atoms with Gasteiger partial charge >= 0.3 is 0 Å². The van der Waals surface area contributed by atoms with Gasteiger partial charge < -0.3 is 21.5 Å². The number of aliphatic hydroxyl groups is 1. The van der Waals surface area contributed by atoms with E-state index in [1.54, 1.807) is 6.92 Å². The van der Waals surface area contributed by atoms with Crippen LogP contribution in [0.15, 0.2) is 24.3 Å². The monoisotopic (exact) mass is 455 g/mol. The SMILES string of the molecule is CC/C=C/C/C=C/CCC(=O)C(O)C(SCC(NC(=O)CCC)C(=O)NCC)C(N)=O. The largest absolute Gasteiger partial charge is 0.384 e. The molecule has 8 nitrogen and oxygen atoms in total. The third kappa shape index (κ3) is 13.0. The average molecular weight is 456 g/mol. The van der Waals surface area contributed by atoms with Crippen molar-refractivity contribution < 1.29 is 24.3 Å². The van der Waals surface area contributed by atoms with Crippen molar-refractivity contribution in [2.75, 3.05) is 12.3 Å². The highest BCUT2D eigenvalue weighted by molar-refractivity contribution is 8.00. The normalized spacial score (nSPS) is 14.3. The number of hydrogen-bond acceptors (Lipinski definition) is 6. The van der Waals surface area contributed by atoms with Crippen molar-refractivity contribution >= 4 is 35.3 Å². The minimum atomic E-state index is -1.57. The van der Waals surface area contributed by atoms with Crippen LogP contribution in [0.25, 0.3) is 0 Å². The maximum Gasteiger partial charge on any atom is 0.243 e.